The van der Waals surface area contributed by atoms with Crippen molar-refractivity contribution >= 4 is 17.6 Å². The standard InChI is InChI=1S/C13H16ClNO2/c1-15-13(9-5-4-8-12(16)17-13)10-6-2-3-7-11(10)14/h2-3,6-7,15H,4-5,8-9H2,1H3. The summed E-state index contributed by atoms with van der Waals surface area (Å²) < 4.78 is 5.58. The van der Waals surface area contributed by atoms with Crippen LogP contribution in [0.15, 0.2) is 24.3 Å². The zero-order valence-corrected chi connectivity index (χ0v) is 10.6. The largest absolute Gasteiger partial charge is 0.439 e. The highest BCUT2D eigenvalue weighted by Gasteiger charge is 2.37. The Bertz CT molecular complexity index is 422. The molecule has 0 spiro atoms. The fraction of sp³-hybridized carbons (Fsp3) is 0.462. The minimum Gasteiger partial charge on any atom is -0.439 e. The molecule has 92 valence electrons. The second-order valence-corrected chi connectivity index (χ2v) is 4.65. The zero-order valence-electron chi connectivity index (χ0n) is 9.83. The predicted octanol–water partition coefficient (Wildman–Crippen LogP) is 2.83. The number of halogens is 1. The molecule has 2 rings (SSSR count). The van der Waals surface area contributed by atoms with Crippen molar-refractivity contribution < 1.29 is 9.53 Å². The maximum absolute atomic E-state index is 11.6. The van der Waals surface area contributed by atoms with Gasteiger partial charge in [-0.1, -0.05) is 29.8 Å². The molecule has 1 heterocycles. The van der Waals surface area contributed by atoms with Crippen LogP contribution in [-0.4, -0.2) is 13.0 Å². The van der Waals surface area contributed by atoms with Crippen molar-refractivity contribution in [3.8, 4) is 0 Å². The Morgan fingerprint density at radius 2 is 2.12 bits per heavy atom. The molecule has 0 aromatic heterocycles. The van der Waals surface area contributed by atoms with E-state index in [1.54, 1.807) is 7.05 Å². The van der Waals surface area contributed by atoms with Crippen LogP contribution in [0.5, 0.6) is 0 Å². The molecule has 1 aliphatic rings. The van der Waals surface area contributed by atoms with E-state index in [1.807, 2.05) is 24.3 Å². The lowest BCUT2D eigenvalue weighted by Gasteiger charge is -2.32. The minimum atomic E-state index is -0.772. The lowest BCUT2D eigenvalue weighted by Crippen LogP contribution is -2.43. The first-order valence-corrected chi connectivity index (χ1v) is 6.21. The summed E-state index contributed by atoms with van der Waals surface area (Å²) in [6, 6.07) is 7.49. The van der Waals surface area contributed by atoms with Crippen LogP contribution in [0.1, 0.15) is 31.2 Å². The highest BCUT2D eigenvalue weighted by molar-refractivity contribution is 6.31. The van der Waals surface area contributed by atoms with Crippen molar-refractivity contribution in [3.63, 3.8) is 0 Å². The first kappa shape index (κ1) is 12.4. The topological polar surface area (TPSA) is 38.3 Å². The number of esters is 1. The molecule has 0 aliphatic carbocycles. The Morgan fingerprint density at radius 1 is 1.35 bits per heavy atom. The maximum atomic E-state index is 11.6. The van der Waals surface area contributed by atoms with Gasteiger partial charge in [0.15, 0.2) is 5.72 Å². The first-order chi connectivity index (χ1) is 8.18. The fourth-order valence-corrected chi connectivity index (χ4v) is 2.52. The highest BCUT2D eigenvalue weighted by atomic mass is 35.5. The molecule has 3 nitrogen and oxygen atoms in total. The van der Waals surface area contributed by atoms with Crippen LogP contribution in [0.25, 0.3) is 0 Å². The fourth-order valence-electron chi connectivity index (χ4n) is 2.23. The first-order valence-electron chi connectivity index (χ1n) is 5.84. The monoisotopic (exact) mass is 253 g/mol. The summed E-state index contributed by atoms with van der Waals surface area (Å²) in [6.07, 6.45) is 3.04. The van der Waals surface area contributed by atoms with Crippen LogP contribution in [0.4, 0.5) is 0 Å². The summed E-state index contributed by atoms with van der Waals surface area (Å²) in [5, 5.41) is 3.74. The third kappa shape index (κ3) is 2.45. The van der Waals surface area contributed by atoms with E-state index in [4.69, 9.17) is 16.3 Å². The lowest BCUT2D eigenvalue weighted by atomic mass is 9.97. The normalized spacial score (nSPS) is 25.2. The number of carbonyl (C=O) groups excluding carboxylic acids is 1. The quantitative estimate of drug-likeness (QED) is 0.824. The summed E-state index contributed by atoms with van der Waals surface area (Å²) in [7, 11) is 1.79. The molecule has 1 aromatic rings. The number of ether oxygens (including phenoxy) is 1. The molecule has 0 amide bonds. The van der Waals surface area contributed by atoms with Gasteiger partial charge in [0.05, 0.1) is 0 Å². The minimum absolute atomic E-state index is 0.170. The molecule has 0 saturated carbocycles. The van der Waals surface area contributed by atoms with Crippen LogP contribution in [0, 0.1) is 0 Å². The zero-order chi connectivity index (χ0) is 12.3. The van der Waals surface area contributed by atoms with Crippen molar-refractivity contribution in [1.82, 2.24) is 5.32 Å². The van der Waals surface area contributed by atoms with Crippen molar-refractivity contribution in [1.29, 1.82) is 0 Å². The smallest absolute Gasteiger partial charge is 0.307 e. The molecule has 1 aliphatic heterocycles. The maximum Gasteiger partial charge on any atom is 0.307 e. The number of cyclic esters (lactones) is 1. The number of hydrogen-bond acceptors (Lipinski definition) is 3. The summed E-state index contributed by atoms with van der Waals surface area (Å²) in [6.45, 7) is 0. The van der Waals surface area contributed by atoms with Crippen molar-refractivity contribution in [2.24, 2.45) is 0 Å². The Balaban J connectivity index is 2.42. The Hall–Kier alpha value is -1.06. The third-order valence-electron chi connectivity index (χ3n) is 3.16. The van der Waals surface area contributed by atoms with E-state index in [-0.39, 0.29) is 5.97 Å². The van der Waals surface area contributed by atoms with E-state index in [9.17, 15) is 4.79 Å². The van der Waals surface area contributed by atoms with E-state index in [0.29, 0.717) is 11.4 Å². The number of carbonyl (C=O) groups is 1. The number of benzene rings is 1. The molecule has 1 aromatic carbocycles. The highest BCUT2D eigenvalue weighted by Crippen LogP contribution is 2.35. The summed E-state index contributed by atoms with van der Waals surface area (Å²) in [5.41, 5.74) is 0.0609. The predicted molar refractivity (Wildman–Crippen MR) is 66.7 cm³/mol. The molecule has 1 fully saturated rings. The molecule has 17 heavy (non-hydrogen) atoms. The molecule has 1 atom stereocenters. The van der Waals surface area contributed by atoms with Gasteiger partial charge >= 0.3 is 5.97 Å². The average Bonchev–Trinajstić information content (AvgIpc) is 2.52. The molecular weight excluding hydrogens is 238 g/mol. The average molecular weight is 254 g/mol. The van der Waals surface area contributed by atoms with Gasteiger partial charge in [-0.2, -0.15) is 0 Å². The number of rotatable bonds is 2. The van der Waals surface area contributed by atoms with Crippen molar-refractivity contribution in [2.45, 2.75) is 31.4 Å². The van der Waals surface area contributed by atoms with Crippen LogP contribution >= 0.6 is 11.6 Å². The van der Waals surface area contributed by atoms with Crippen LogP contribution in [0.2, 0.25) is 5.02 Å². The Labute approximate surface area is 106 Å². The molecule has 1 N–H and O–H groups in total. The van der Waals surface area contributed by atoms with Gasteiger partial charge in [0.25, 0.3) is 0 Å². The van der Waals surface area contributed by atoms with Gasteiger partial charge in [-0.05, 0) is 26.0 Å². The van der Waals surface area contributed by atoms with E-state index < -0.39 is 5.72 Å². The van der Waals surface area contributed by atoms with Gasteiger partial charge in [0, 0.05) is 23.4 Å². The van der Waals surface area contributed by atoms with Crippen LogP contribution < -0.4 is 5.32 Å². The van der Waals surface area contributed by atoms with Gasteiger partial charge in [-0.3, -0.25) is 10.1 Å². The van der Waals surface area contributed by atoms with Crippen LogP contribution in [0.3, 0.4) is 0 Å². The number of hydrogen-bond donors (Lipinski definition) is 1. The molecule has 4 heteroatoms. The number of nitrogens with one attached hydrogen (secondary N) is 1. The van der Waals surface area contributed by atoms with Gasteiger partial charge in [0.2, 0.25) is 0 Å². The molecule has 0 radical (unpaired) electrons. The van der Waals surface area contributed by atoms with Gasteiger partial charge in [-0.25, -0.2) is 0 Å². The SMILES string of the molecule is CNC1(c2ccccc2Cl)CCCCC(=O)O1. The summed E-state index contributed by atoms with van der Waals surface area (Å²) >= 11 is 6.20. The third-order valence-corrected chi connectivity index (χ3v) is 3.49. The van der Waals surface area contributed by atoms with E-state index in [2.05, 4.69) is 5.32 Å². The van der Waals surface area contributed by atoms with E-state index >= 15 is 0 Å². The molecule has 1 unspecified atom stereocenters. The Kier molecular flexibility index (Phi) is 3.69. The second kappa shape index (κ2) is 5.07. The Morgan fingerprint density at radius 3 is 2.82 bits per heavy atom. The van der Waals surface area contributed by atoms with Gasteiger partial charge in [0.1, 0.15) is 0 Å². The molecule has 0 bridgehead atoms. The molecular formula is C13H16ClNO2. The van der Waals surface area contributed by atoms with E-state index in [0.717, 1.165) is 24.8 Å². The van der Waals surface area contributed by atoms with Gasteiger partial charge < -0.3 is 4.74 Å². The molecule has 1 saturated heterocycles. The van der Waals surface area contributed by atoms with Crippen LogP contribution in [-0.2, 0) is 15.3 Å². The summed E-state index contributed by atoms with van der Waals surface area (Å²) in [4.78, 5) is 11.6. The van der Waals surface area contributed by atoms with Gasteiger partial charge in [-0.15, -0.1) is 0 Å². The lowest BCUT2D eigenvalue weighted by molar-refractivity contribution is -0.163. The van der Waals surface area contributed by atoms with Crippen molar-refractivity contribution in [3.05, 3.63) is 34.9 Å². The van der Waals surface area contributed by atoms with E-state index in [1.165, 1.54) is 0 Å². The summed E-state index contributed by atoms with van der Waals surface area (Å²) in [5.74, 6) is -0.170. The second-order valence-electron chi connectivity index (χ2n) is 4.24. The van der Waals surface area contributed by atoms with Crippen molar-refractivity contribution in [2.75, 3.05) is 7.05 Å².